The van der Waals surface area contributed by atoms with Crippen molar-refractivity contribution in [2.24, 2.45) is 5.92 Å². The van der Waals surface area contributed by atoms with Crippen molar-refractivity contribution in [1.82, 2.24) is 4.90 Å². The first kappa shape index (κ1) is 20.5. The second-order valence-electron chi connectivity index (χ2n) is 7.44. The summed E-state index contributed by atoms with van der Waals surface area (Å²) in [6.07, 6.45) is 0.403. The van der Waals surface area contributed by atoms with Crippen LogP contribution in [0.1, 0.15) is 37.6 Å². The first-order valence-electron chi connectivity index (χ1n) is 8.69. The number of rotatable bonds is 5. The summed E-state index contributed by atoms with van der Waals surface area (Å²) in [5.74, 6) is -0.441. The summed E-state index contributed by atoms with van der Waals surface area (Å²) in [5, 5.41) is 14.3. The molecule has 1 aliphatic rings. The summed E-state index contributed by atoms with van der Waals surface area (Å²) in [5.41, 5.74) is -0.196. The van der Waals surface area contributed by atoms with Crippen molar-refractivity contribution in [3.8, 4) is 0 Å². The van der Waals surface area contributed by atoms with E-state index >= 15 is 0 Å². The molecule has 1 aromatic rings. The lowest BCUT2D eigenvalue weighted by molar-refractivity contribution is -0.384. The molecule has 0 aromatic heterocycles. The molecule has 1 saturated heterocycles. The Labute approximate surface area is 157 Å². The van der Waals surface area contributed by atoms with Gasteiger partial charge in [-0.2, -0.15) is 0 Å². The van der Waals surface area contributed by atoms with Crippen molar-refractivity contribution < 1.29 is 24.0 Å². The molecular formula is C18H25N3O6. The van der Waals surface area contributed by atoms with Crippen LogP contribution in [0.25, 0.3) is 0 Å². The van der Waals surface area contributed by atoms with Crippen LogP contribution in [-0.4, -0.2) is 54.2 Å². The largest absolute Gasteiger partial charge is 0.465 e. The van der Waals surface area contributed by atoms with Crippen molar-refractivity contribution in [2.75, 3.05) is 32.1 Å². The van der Waals surface area contributed by atoms with E-state index in [2.05, 4.69) is 10.1 Å². The van der Waals surface area contributed by atoms with E-state index in [0.29, 0.717) is 19.6 Å². The van der Waals surface area contributed by atoms with E-state index in [4.69, 9.17) is 4.74 Å². The van der Waals surface area contributed by atoms with E-state index < -0.39 is 16.5 Å². The van der Waals surface area contributed by atoms with Gasteiger partial charge in [0, 0.05) is 25.7 Å². The predicted molar refractivity (Wildman–Crippen MR) is 98.8 cm³/mol. The van der Waals surface area contributed by atoms with Gasteiger partial charge in [0.05, 0.1) is 17.6 Å². The normalized spacial score (nSPS) is 16.7. The molecule has 1 amide bonds. The summed E-state index contributed by atoms with van der Waals surface area (Å²) in [6, 6.07) is 4.04. The molecule has 9 heteroatoms. The minimum absolute atomic E-state index is 0.121. The second kappa shape index (κ2) is 8.24. The van der Waals surface area contributed by atoms with Crippen LogP contribution < -0.4 is 5.32 Å². The smallest absolute Gasteiger partial charge is 0.410 e. The van der Waals surface area contributed by atoms with Gasteiger partial charge in [-0.15, -0.1) is 0 Å². The van der Waals surface area contributed by atoms with Gasteiger partial charge >= 0.3 is 12.1 Å². The van der Waals surface area contributed by atoms with Gasteiger partial charge in [-0.05, 0) is 45.2 Å². The van der Waals surface area contributed by atoms with Crippen LogP contribution in [0.3, 0.4) is 0 Å². The Hall–Kier alpha value is -2.84. The lowest BCUT2D eigenvalue weighted by Crippen LogP contribution is -2.35. The number of anilines is 1. The maximum Gasteiger partial charge on any atom is 0.410 e. The third-order valence-electron chi connectivity index (χ3n) is 4.13. The minimum atomic E-state index is -0.565. The number of nitrogens with zero attached hydrogens (tertiary/aromatic N) is 2. The first-order valence-corrected chi connectivity index (χ1v) is 8.69. The second-order valence-corrected chi connectivity index (χ2v) is 7.44. The SMILES string of the molecule is COC(=O)c1ccc([N+](=O)[O-])c(NC[C@@H]2CCN(C(=O)OC(C)(C)C)C2)c1. The number of likely N-dealkylation sites (tertiary alicyclic amines) is 1. The Kier molecular flexibility index (Phi) is 6.24. The zero-order valence-electron chi connectivity index (χ0n) is 16.0. The molecule has 1 aromatic carbocycles. The summed E-state index contributed by atoms with van der Waals surface area (Å²) in [7, 11) is 1.25. The number of nitrogens with one attached hydrogen (secondary N) is 1. The van der Waals surface area contributed by atoms with Crippen LogP contribution >= 0.6 is 0 Å². The van der Waals surface area contributed by atoms with Gasteiger partial charge < -0.3 is 19.7 Å². The van der Waals surface area contributed by atoms with Crippen LogP contribution in [0.5, 0.6) is 0 Å². The first-order chi connectivity index (χ1) is 12.6. The lowest BCUT2D eigenvalue weighted by Gasteiger charge is -2.24. The summed E-state index contributed by atoms with van der Waals surface area (Å²) < 4.78 is 10.0. The monoisotopic (exact) mass is 379 g/mol. The van der Waals surface area contributed by atoms with Gasteiger partial charge in [0.1, 0.15) is 11.3 Å². The Morgan fingerprint density at radius 3 is 2.67 bits per heavy atom. The molecule has 0 aliphatic carbocycles. The number of methoxy groups -OCH3 is 1. The molecule has 0 radical (unpaired) electrons. The van der Waals surface area contributed by atoms with Crippen molar-refractivity contribution in [2.45, 2.75) is 32.8 Å². The number of esters is 1. The van der Waals surface area contributed by atoms with E-state index in [-0.39, 0.29) is 28.9 Å². The molecule has 1 heterocycles. The van der Waals surface area contributed by atoms with E-state index in [1.165, 1.54) is 25.3 Å². The number of hydrogen-bond donors (Lipinski definition) is 1. The van der Waals surface area contributed by atoms with E-state index in [1.54, 1.807) is 4.90 Å². The molecule has 2 rings (SSSR count). The fourth-order valence-corrected chi connectivity index (χ4v) is 2.83. The summed E-state index contributed by atoms with van der Waals surface area (Å²) >= 11 is 0. The molecule has 0 saturated carbocycles. The Balaban J connectivity index is 2.01. The highest BCUT2D eigenvalue weighted by molar-refractivity contribution is 5.91. The molecule has 0 unspecified atom stereocenters. The number of ether oxygens (including phenoxy) is 2. The van der Waals surface area contributed by atoms with E-state index in [9.17, 15) is 19.7 Å². The van der Waals surface area contributed by atoms with Crippen LogP contribution in [0.4, 0.5) is 16.2 Å². The van der Waals surface area contributed by atoms with Gasteiger partial charge in [-0.25, -0.2) is 9.59 Å². The van der Waals surface area contributed by atoms with Crippen LogP contribution in [0, 0.1) is 16.0 Å². The molecule has 0 bridgehead atoms. The van der Waals surface area contributed by atoms with Crippen LogP contribution in [0.2, 0.25) is 0 Å². The molecule has 148 valence electrons. The Morgan fingerprint density at radius 2 is 2.07 bits per heavy atom. The Bertz CT molecular complexity index is 728. The molecule has 1 N–H and O–H groups in total. The van der Waals surface area contributed by atoms with Crippen molar-refractivity contribution in [3.05, 3.63) is 33.9 Å². The highest BCUT2D eigenvalue weighted by Crippen LogP contribution is 2.27. The number of carbonyl (C=O) groups excluding carboxylic acids is 2. The molecule has 1 atom stereocenters. The van der Waals surface area contributed by atoms with Crippen molar-refractivity contribution in [3.63, 3.8) is 0 Å². The van der Waals surface area contributed by atoms with Gasteiger partial charge in [-0.3, -0.25) is 10.1 Å². The fraction of sp³-hybridized carbons (Fsp3) is 0.556. The molecule has 1 aliphatic heterocycles. The summed E-state index contributed by atoms with van der Waals surface area (Å²) in [6.45, 7) is 6.96. The maximum absolute atomic E-state index is 12.1. The van der Waals surface area contributed by atoms with Gasteiger partial charge in [0.25, 0.3) is 5.69 Å². The Morgan fingerprint density at radius 1 is 1.37 bits per heavy atom. The number of hydrogen-bond acceptors (Lipinski definition) is 7. The third-order valence-corrected chi connectivity index (χ3v) is 4.13. The van der Waals surface area contributed by atoms with Gasteiger partial charge in [0.2, 0.25) is 0 Å². The van der Waals surface area contributed by atoms with Crippen LogP contribution in [0.15, 0.2) is 18.2 Å². The number of nitro groups is 1. The van der Waals surface area contributed by atoms with Crippen molar-refractivity contribution >= 4 is 23.4 Å². The average molecular weight is 379 g/mol. The zero-order valence-corrected chi connectivity index (χ0v) is 16.0. The quantitative estimate of drug-likeness (QED) is 0.475. The number of nitro benzene ring substituents is 1. The van der Waals surface area contributed by atoms with E-state index in [1.807, 2.05) is 20.8 Å². The molecule has 1 fully saturated rings. The molecule has 0 spiro atoms. The topological polar surface area (TPSA) is 111 Å². The van der Waals surface area contributed by atoms with Crippen molar-refractivity contribution in [1.29, 1.82) is 0 Å². The van der Waals surface area contributed by atoms with E-state index in [0.717, 1.165) is 6.42 Å². The number of amides is 1. The lowest BCUT2D eigenvalue weighted by atomic mass is 10.1. The molecular weight excluding hydrogens is 354 g/mol. The van der Waals surface area contributed by atoms with Gasteiger partial charge in [-0.1, -0.05) is 0 Å². The standard InChI is InChI=1S/C18H25N3O6/c1-18(2,3)27-17(23)20-8-7-12(11-20)10-19-14-9-13(16(22)26-4)5-6-15(14)21(24)25/h5-6,9,12,19H,7-8,10-11H2,1-4H3/t12-/m0/s1. The summed E-state index contributed by atoms with van der Waals surface area (Å²) in [4.78, 5) is 36.1. The number of benzene rings is 1. The number of carbonyl (C=O) groups is 2. The molecule has 9 nitrogen and oxygen atoms in total. The minimum Gasteiger partial charge on any atom is -0.465 e. The fourth-order valence-electron chi connectivity index (χ4n) is 2.83. The molecule has 27 heavy (non-hydrogen) atoms. The highest BCUT2D eigenvalue weighted by atomic mass is 16.6. The maximum atomic E-state index is 12.1. The highest BCUT2D eigenvalue weighted by Gasteiger charge is 2.30. The average Bonchev–Trinajstić information content (AvgIpc) is 3.06. The zero-order chi connectivity index (χ0) is 20.2. The van der Waals surface area contributed by atoms with Crippen LogP contribution in [-0.2, 0) is 9.47 Å². The van der Waals surface area contributed by atoms with Gasteiger partial charge in [0.15, 0.2) is 0 Å². The predicted octanol–water partition coefficient (Wildman–Crippen LogP) is 3.05. The third kappa shape index (κ3) is 5.57.